The molecule has 2 amide bonds. The number of anilines is 2. The number of morpholine rings is 2. The van der Waals surface area contributed by atoms with Crippen LogP contribution in [0.25, 0.3) is 55.8 Å². The normalized spacial score (nSPS) is 18.9. The number of imidazole rings is 2. The maximum absolute atomic E-state index is 14.3. The van der Waals surface area contributed by atoms with Crippen LogP contribution in [0.4, 0.5) is 34.3 Å². The zero-order valence-corrected chi connectivity index (χ0v) is 41.6. The van der Waals surface area contributed by atoms with Gasteiger partial charge in [-0.15, -0.1) is 0 Å². The summed E-state index contributed by atoms with van der Waals surface area (Å²) in [5, 5.41) is 14.0. The molecule has 0 saturated carbocycles. The first kappa shape index (κ1) is 48.8. The average molecular weight is 1040 g/mol. The third kappa shape index (κ3) is 9.43. The van der Waals surface area contributed by atoms with Crippen molar-refractivity contribution in [2.45, 2.75) is 50.6 Å². The van der Waals surface area contributed by atoms with E-state index in [1.807, 2.05) is 35.0 Å². The first-order valence-electron chi connectivity index (χ1n) is 25.8. The highest BCUT2D eigenvalue weighted by atomic mass is 19.3. The van der Waals surface area contributed by atoms with Gasteiger partial charge < -0.3 is 39.3 Å². The highest BCUT2D eigenvalue weighted by molar-refractivity contribution is 5.89. The number of piperidine rings is 2. The minimum absolute atomic E-state index is 0.00780. The van der Waals surface area contributed by atoms with Gasteiger partial charge in [0, 0.05) is 65.4 Å². The highest BCUT2D eigenvalue weighted by Crippen LogP contribution is 2.36. The number of hydrogen-bond donors (Lipinski definition) is 1. The van der Waals surface area contributed by atoms with Crippen molar-refractivity contribution in [3.8, 4) is 11.6 Å². The Hall–Kier alpha value is -7.09. The predicted molar refractivity (Wildman–Crippen MR) is 271 cm³/mol. The van der Waals surface area contributed by atoms with Crippen molar-refractivity contribution in [2.24, 2.45) is 0 Å². The molecule has 0 aliphatic carbocycles. The molecule has 0 atom stereocenters. The maximum atomic E-state index is 14.3. The number of nitrogens with zero attached hydrogens (tertiary/aromatic N) is 17. The Balaban J connectivity index is 0.000000156. The van der Waals surface area contributed by atoms with Crippen molar-refractivity contribution in [1.82, 2.24) is 78.6 Å². The molecular formula is C50H58F4N18O3. The minimum Gasteiger partial charge on any atom is -0.378 e. The summed E-state index contributed by atoms with van der Waals surface area (Å²) in [7, 11) is 2.07. The zero-order chi connectivity index (χ0) is 51.2. The zero-order valence-electron chi connectivity index (χ0n) is 41.6. The Morgan fingerprint density at radius 1 is 0.560 bits per heavy atom. The van der Waals surface area contributed by atoms with Crippen molar-refractivity contribution >= 4 is 62.1 Å². The summed E-state index contributed by atoms with van der Waals surface area (Å²) in [5.41, 5.74) is 3.34. The lowest BCUT2D eigenvalue weighted by Gasteiger charge is -2.39. The van der Waals surface area contributed by atoms with Gasteiger partial charge in [0.05, 0.1) is 83.7 Å². The molecule has 13 rings (SSSR count). The van der Waals surface area contributed by atoms with E-state index in [0.717, 1.165) is 65.0 Å². The second-order valence-electron chi connectivity index (χ2n) is 19.5. The molecule has 0 unspecified atom stereocenters. The van der Waals surface area contributed by atoms with Crippen LogP contribution >= 0.6 is 0 Å². The van der Waals surface area contributed by atoms with Crippen molar-refractivity contribution in [2.75, 3.05) is 122 Å². The van der Waals surface area contributed by atoms with E-state index in [0.29, 0.717) is 133 Å². The van der Waals surface area contributed by atoms with Crippen molar-refractivity contribution in [3.63, 3.8) is 0 Å². The molecule has 5 saturated heterocycles. The van der Waals surface area contributed by atoms with Crippen molar-refractivity contribution in [1.29, 1.82) is 0 Å². The Labute approximate surface area is 428 Å². The summed E-state index contributed by atoms with van der Waals surface area (Å²) >= 11 is 0. The second-order valence-corrected chi connectivity index (χ2v) is 19.5. The van der Waals surface area contributed by atoms with E-state index < -0.39 is 12.9 Å². The van der Waals surface area contributed by atoms with Gasteiger partial charge in [-0.25, -0.2) is 41.7 Å². The molecule has 0 bridgehead atoms. The molecule has 394 valence electrons. The fraction of sp³-hybridized carbons (Fsp3) is 0.500. The van der Waals surface area contributed by atoms with Crippen LogP contribution in [0, 0.1) is 0 Å². The molecule has 1 N–H and O–H groups in total. The van der Waals surface area contributed by atoms with Crippen LogP contribution in [-0.4, -0.2) is 191 Å². The number of carbonyl (C=O) groups excluding carboxylic acids is 1. The molecule has 0 radical (unpaired) electrons. The monoisotopic (exact) mass is 1030 g/mol. The molecule has 25 heteroatoms. The topological polar surface area (TPSA) is 187 Å². The number of nitrogens with one attached hydrogen (secondary N) is 1. The quantitative estimate of drug-likeness (QED) is 0.180. The average Bonchev–Trinajstić information content (AvgIpc) is 4.27. The van der Waals surface area contributed by atoms with Crippen LogP contribution in [-0.2, 0) is 9.47 Å². The molecule has 6 aromatic heterocycles. The number of likely N-dealkylation sites (N-methyl/N-ethyl adjacent to an activating group) is 1. The molecule has 2 aromatic carbocycles. The minimum atomic E-state index is -2.80. The Kier molecular flexibility index (Phi) is 13.6. The number of ether oxygens (including phenoxy) is 2. The lowest BCUT2D eigenvalue weighted by atomic mass is 10.1. The van der Waals surface area contributed by atoms with E-state index in [1.54, 1.807) is 54.9 Å². The molecular weight excluding hydrogens is 977 g/mol. The van der Waals surface area contributed by atoms with E-state index in [4.69, 9.17) is 34.5 Å². The first-order valence-corrected chi connectivity index (χ1v) is 25.8. The third-order valence-corrected chi connectivity index (χ3v) is 14.9. The largest absolute Gasteiger partial charge is 0.378 e. The van der Waals surface area contributed by atoms with Crippen LogP contribution in [0.5, 0.6) is 0 Å². The molecule has 5 fully saturated rings. The van der Waals surface area contributed by atoms with Crippen LogP contribution in [0.2, 0.25) is 0 Å². The number of halogens is 4. The van der Waals surface area contributed by atoms with Gasteiger partial charge in [0.25, 0.3) is 12.9 Å². The Bertz CT molecular complexity index is 3310. The number of hydrogen-bond acceptors (Lipinski definition) is 15. The second kappa shape index (κ2) is 20.9. The van der Waals surface area contributed by atoms with Gasteiger partial charge in [-0.3, -0.25) is 9.13 Å². The molecule has 75 heavy (non-hydrogen) atoms. The van der Waals surface area contributed by atoms with Gasteiger partial charge in [-0.2, -0.15) is 30.1 Å². The van der Waals surface area contributed by atoms with E-state index in [-0.39, 0.29) is 29.8 Å². The summed E-state index contributed by atoms with van der Waals surface area (Å²) < 4.78 is 74.7. The summed E-state index contributed by atoms with van der Waals surface area (Å²) in [6.45, 7) is 11.0. The van der Waals surface area contributed by atoms with Crippen LogP contribution in [0.1, 0.15) is 62.3 Å². The predicted octanol–water partition coefficient (Wildman–Crippen LogP) is 5.81. The number of benzene rings is 2. The van der Waals surface area contributed by atoms with Gasteiger partial charge in [-0.05, 0) is 70.1 Å². The maximum Gasteiger partial charge on any atom is 0.320 e. The number of aromatic nitrogens is 12. The summed E-state index contributed by atoms with van der Waals surface area (Å²) in [6, 6.07) is 14.5. The molecule has 5 aliphatic heterocycles. The summed E-state index contributed by atoms with van der Waals surface area (Å²) in [5.74, 6) is 0.953. The SMILES string of the molecule is CN1CCN(C(=O)N2CCC(n3ncc4c(-n5c(C(F)F)nc6ccccc65)nc(N5CCOCC5)nc43)CC2)CC1.FC(F)c1nc2ccccc2n1-c1nc(N2CCOCC2)nc2c1cnn2C1CCNCC1. The lowest BCUT2D eigenvalue weighted by Crippen LogP contribution is -2.53. The number of carbonyl (C=O) groups is 1. The molecule has 5 aliphatic rings. The number of urea groups is 1. The van der Waals surface area contributed by atoms with Crippen molar-refractivity contribution in [3.05, 3.63) is 72.6 Å². The van der Waals surface area contributed by atoms with E-state index in [1.165, 1.54) is 9.13 Å². The number of rotatable bonds is 8. The molecule has 0 spiro atoms. The van der Waals surface area contributed by atoms with Gasteiger partial charge >= 0.3 is 6.03 Å². The third-order valence-electron chi connectivity index (χ3n) is 14.9. The number of alkyl halides is 4. The van der Waals surface area contributed by atoms with Crippen molar-refractivity contribution < 1.29 is 31.8 Å². The van der Waals surface area contributed by atoms with Crippen LogP contribution in [0.15, 0.2) is 60.9 Å². The smallest absolute Gasteiger partial charge is 0.320 e. The highest BCUT2D eigenvalue weighted by Gasteiger charge is 2.33. The van der Waals surface area contributed by atoms with Gasteiger partial charge in [-0.1, -0.05) is 24.3 Å². The Morgan fingerprint density at radius 2 is 1.00 bits per heavy atom. The number of piperazine rings is 1. The molecule has 21 nitrogen and oxygen atoms in total. The van der Waals surface area contributed by atoms with E-state index in [9.17, 15) is 22.4 Å². The number of amides is 2. The first-order chi connectivity index (χ1) is 36.7. The van der Waals surface area contributed by atoms with Gasteiger partial charge in [0.15, 0.2) is 34.6 Å². The standard InChI is InChI=1S/C28H34F2N10O2.C22H24F2N8O/c1-35-10-12-38(13-11-35)28(41)37-8-6-19(7-9-37)40-25-20(18-31-40)24(33-27(34-25)36-14-16-42-17-15-36)39-22-5-3-2-4-21(22)32-26(39)23(29)30;23-18(24)21-27-16-3-1-2-4-17(16)31(21)19-15-13-26-32(14-5-7-25-8-6-14)20(15)29-22(28-19)30-9-11-33-12-10-30/h2-5,18-19,23H,6-17H2,1H3;1-4,13-14,18,25H,5-12H2. The van der Waals surface area contributed by atoms with Crippen LogP contribution < -0.4 is 15.1 Å². The van der Waals surface area contributed by atoms with Gasteiger partial charge in [0.2, 0.25) is 11.9 Å². The molecule has 8 aromatic rings. The number of likely N-dealkylation sites (tertiary alicyclic amines) is 1. The van der Waals surface area contributed by atoms with Crippen LogP contribution in [0.3, 0.4) is 0 Å². The van der Waals surface area contributed by atoms with Gasteiger partial charge in [0.1, 0.15) is 0 Å². The van der Waals surface area contributed by atoms with E-state index >= 15 is 0 Å². The summed E-state index contributed by atoms with van der Waals surface area (Å²) in [6.07, 6.45) is 1.11. The van der Waals surface area contributed by atoms with E-state index in [2.05, 4.69) is 32.3 Å². The Morgan fingerprint density at radius 3 is 1.47 bits per heavy atom. The number of para-hydroxylation sites is 4. The lowest BCUT2D eigenvalue weighted by molar-refractivity contribution is 0.108. The fourth-order valence-corrected chi connectivity index (χ4v) is 10.9. The number of fused-ring (bicyclic) bond motifs is 4. The molecule has 11 heterocycles. The fourth-order valence-electron chi connectivity index (χ4n) is 10.9. The summed E-state index contributed by atoms with van der Waals surface area (Å²) in [4.78, 5) is 51.2.